The summed E-state index contributed by atoms with van der Waals surface area (Å²) in [7, 11) is -3.10. The summed E-state index contributed by atoms with van der Waals surface area (Å²) < 4.78 is 66.4. The first-order valence-corrected chi connectivity index (χ1v) is 13.1. The normalized spacial score (nSPS) is 16.1. The lowest BCUT2D eigenvalue weighted by molar-refractivity contribution is -0.142. The molecule has 2 aromatic heterocycles. The molecule has 0 saturated heterocycles. The van der Waals surface area contributed by atoms with Gasteiger partial charge in [0.1, 0.15) is 11.2 Å². The van der Waals surface area contributed by atoms with Gasteiger partial charge in [-0.25, -0.2) is 8.99 Å². The minimum absolute atomic E-state index is 0.121. The number of alkyl halides is 3. The molecule has 0 spiro atoms. The second-order valence-corrected chi connectivity index (χ2v) is 11.2. The number of carbonyl (C=O) groups excluding carboxylic acids is 1. The molecule has 1 atom stereocenters. The molecule has 1 aromatic carbocycles. The molecule has 3 aromatic rings. The number of aryl methyl sites for hydroxylation is 2. The number of carbonyl (C=O) groups is 1. The molecule has 1 unspecified atom stereocenters. The highest BCUT2D eigenvalue weighted by molar-refractivity contribution is 7.91. The highest BCUT2D eigenvalue weighted by Crippen LogP contribution is 2.46. The maximum atomic E-state index is 13.6. The monoisotopic (exact) mass is 535 g/mol. The van der Waals surface area contributed by atoms with E-state index >= 15 is 0 Å². The van der Waals surface area contributed by atoms with E-state index < -0.39 is 50.1 Å². The van der Waals surface area contributed by atoms with Gasteiger partial charge in [0.25, 0.3) is 11.8 Å². The van der Waals surface area contributed by atoms with E-state index in [1.807, 2.05) is 0 Å². The summed E-state index contributed by atoms with van der Waals surface area (Å²) in [5.74, 6) is -1.27. The molecule has 2 heterocycles. The number of aromatic nitrogens is 3. The summed E-state index contributed by atoms with van der Waals surface area (Å²) >= 11 is 0. The molecule has 1 fully saturated rings. The van der Waals surface area contributed by atoms with Crippen molar-refractivity contribution < 1.29 is 32.0 Å². The standard InChI is InChI=1S/C24H24F3N5O4S/c1-12-10-17(23(34)8-9-23)29-14(3)19(12)36-22-18(13(2)20(31-32-22)24(25,26)27)21(33)30-15-6-5-7-16(11-15)37(4,28)35/h5-7,10-11,28,34H,8-9H2,1-4H3,(H,30,33). The van der Waals surface area contributed by atoms with Crippen LogP contribution >= 0.6 is 0 Å². The van der Waals surface area contributed by atoms with Gasteiger partial charge >= 0.3 is 6.18 Å². The van der Waals surface area contributed by atoms with Crippen LogP contribution in [0.4, 0.5) is 18.9 Å². The van der Waals surface area contributed by atoms with Crippen LogP contribution in [0.2, 0.25) is 0 Å². The number of benzene rings is 1. The topological polar surface area (TPSA) is 138 Å². The molecule has 37 heavy (non-hydrogen) atoms. The zero-order valence-corrected chi connectivity index (χ0v) is 21.2. The summed E-state index contributed by atoms with van der Waals surface area (Å²) in [5.41, 5.74) is -1.88. The molecule has 1 aliphatic carbocycles. The second-order valence-electron chi connectivity index (χ2n) is 9.05. The molecule has 13 heteroatoms. The van der Waals surface area contributed by atoms with E-state index in [-0.39, 0.29) is 16.3 Å². The molecule has 4 rings (SSSR count). The quantitative estimate of drug-likeness (QED) is 0.409. The molecule has 0 radical (unpaired) electrons. The Hall–Kier alpha value is -3.58. The Morgan fingerprint density at radius 2 is 1.86 bits per heavy atom. The van der Waals surface area contributed by atoms with E-state index in [9.17, 15) is 27.3 Å². The SMILES string of the molecule is Cc1cc(C2(O)CC2)nc(C)c1Oc1nnc(C(F)(F)F)c(C)c1C(=O)Nc1cccc(S(C)(=N)=O)c1. The largest absolute Gasteiger partial charge is 0.435 e. The molecule has 1 amide bonds. The molecule has 0 bridgehead atoms. The number of pyridine rings is 1. The highest BCUT2D eigenvalue weighted by atomic mass is 32.2. The Morgan fingerprint density at radius 1 is 1.19 bits per heavy atom. The molecule has 9 nitrogen and oxygen atoms in total. The number of ether oxygens (including phenoxy) is 1. The molecule has 0 aliphatic heterocycles. The van der Waals surface area contributed by atoms with Gasteiger partial charge in [0.2, 0.25) is 0 Å². The lowest BCUT2D eigenvalue weighted by Crippen LogP contribution is -2.21. The smallest absolute Gasteiger partial charge is 0.435 e. The summed E-state index contributed by atoms with van der Waals surface area (Å²) in [5, 5.41) is 19.7. The van der Waals surface area contributed by atoms with Crippen LogP contribution in [0.1, 0.15) is 51.4 Å². The predicted octanol–water partition coefficient (Wildman–Crippen LogP) is 4.88. The van der Waals surface area contributed by atoms with Crippen molar-refractivity contribution in [1.29, 1.82) is 4.78 Å². The minimum atomic E-state index is -4.88. The molecule has 196 valence electrons. The highest BCUT2D eigenvalue weighted by Gasteiger charge is 2.44. The number of halogens is 3. The number of hydrogen-bond acceptors (Lipinski definition) is 8. The van der Waals surface area contributed by atoms with Gasteiger partial charge in [0.05, 0.1) is 21.1 Å². The maximum Gasteiger partial charge on any atom is 0.435 e. The van der Waals surface area contributed by atoms with Crippen LogP contribution in [-0.4, -0.2) is 36.7 Å². The number of amides is 1. The number of nitrogens with one attached hydrogen (secondary N) is 2. The van der Waals surface area contributed by atoms with Crippen LogP contribution in [-0.2, 0) is 21.5 Å². The molecule has 3 N–H and O–H groups in total. The average molecular weight is 536 g/mol. The Morgan fingerprint density at radius 3 is 2.43 bits per heavy atom. The molecule has 1 saturated carbocycles. The molecule has 1 aliphatic rings. The summed E-state index contributed by atoms with van der Waals surface area (Å²) in [6, 6.07) is 7.28. The second kappa shape index (κ2) is 9.06. The van der Waals surface area contributed by atoms with Gasteiger partial charge in [-0.3, -0.25) is 9.78 Å². The fourth-order valence-electron chi connectivity index (χ4n) is 3.80. The van der Waals surface area contributed by atoms with E-state index in [4.69, 9.17) is 9.52 Å². The number of rotatable bonds is 6. The Kier molecular flexibility index (Phi) is 6.49. The Labute approximate surface area is 211 Å². The first-order chi connectivity index (χ1) is 17.1. The van der Waals surface area contributed by atoms with Crippen LogP contribution in [0.5, 0.6) is 11.6 Å². The van der Waals surface area contributed by atoms with Crippen molar-refractivity contribution in [2.45, 2.75) is 50.3 Å². The number of hydrogen-bond donors (Lipinski definition) is 3. The Balaban J connectivity index is 1.77. The van der Waals surface area contributed by atoms with Crippen LogP contribution < -0.4 is 10.1 Å². The predicted molar refractivity (Wildman–Crippen MR) is 128 cm³/mol. The lowest BCUT2D eigenvalue weighted by Gasteiger charge is -2.18. The fourth-order valence-corrected chi connectivity index (χ4v) is 4.49. The van der Waals surface area contributed by atoms with E-state index in [2.05, 4.69) is 20.5 Å². The van der Waals surface area contributed by atoms with Gasteiger partial charge in [-0.2, -0.15) is 13.2 Å². The van der Waals surface area contributed by atoms with Crippen LogP contribution in [0.3, 0.4) is 0 Å². The zero-order valence-electron chi connectivity index (χ0n) is 20.4. The summed E-state index contributed by atoms with van der Waals surface area (Å²) in [6.07, 6.45) is -2.53. The van der Waals surface area contributed by atoms with Crippen LogP contribution in [0.15, 0.2) is 35.2 Å². The van der Waals surface area contributed by atoms with Gasteiger partial charge in [-0.05, 0) is 69.0 Å². The lowest BCUT2D eigenvalue weighted by atomic mass is 10.1. The maximum absolute atomic E-state index is 13.6. The van der Waals surface area contributed by atoms with E-state index in [0.29, 0.717) is 29.8 Å². The summed E-state index contributed by atoms with van der Waals surface area (Å²) in [4.78, 5) is 17.8. The van der Waals surface area contributed by atoms with E-state index in [0.717, 1.165) is 6.92 Å². The van der Waals surface area contributed by atoms with Gasteiger partial charge in [-0.15, -0.1) is 10.2 Å². The van der Waals surface area contributed by atoms with Crippen molar-refractivity contribution in [3.63, 3.8) is 0 Å². The van der Waals surface area contributed by atoms with Gasteiger partial charge in [0.15, 0.2) is 11.4 Å². The third-order valence-electron chi connectivity index (χ3n) is 5.95. The van der Waals surface area contributed by atoms with Crippen molar-refractivity contribution in [2.75, 3.05) is 11.6 Å². The number of anilines is 1. The number of aliphatic hydroxyl groups is 1. The third kappa shape index (κ3) is 5.42. The van der Waals surface area contributed by atoms with Crippen molar-refractivity contribution in [1.82, 2.24) is 15.2 Å². The molecular weight excluding hydrogens is 511 g/mol. The summed E-state index contributed by atoms with van der Waals surface area (Å²) in [6.45, 7) is 4.37. The fraction of sp³-hybridized carbons (Fsp3) is 0.333. The molecular formula is C24H24F3N5O4S. The zero-order chi connectivity index (χ0) is 27.3. The van der Waals surface area contributed by atoms with Crippen molar-refractivity contribution >= 4 is 21.3 Å². The van der Waals surface area contributed by atoms with Crippen molar-refractivity contribution in [2.24, 2.45) is 0 Å². The minimum Gasteiger partial charge on any atom is -0.435 e. The van der Waals surface area contributed by atoms with Crippen LogP contribution in [0.25, 0.3) is 0 Å². The third-order valence-corrected chi connectivity index (χ3v) is 7.10. The number of nitrogens with zero attached hydrogens (tertiary/aromatic N) is 3. The van der Waals surface area contributed by atoms with Gasteiger partial charge in [-0.1, -0.05) is 6.07 Å². The van der Waals surface area contributed by atoms with Crippen LogP contribution in [0, 0.1) is 25.6 Å². The van der Waals surface area contributed by atoms with E-state index in [1.165, 1.54) is 30.5 Å². The van der Waals surface area contributed by atoms with Crippen molar-refractivity contribution in [3.8, 4) is 11.6 Å². The first kappa shape index (κ1) is 26.5. The first-order valence-electron chi connectivity index (χ1n) is 11.1. The van der Waals surface area contributed by atoms with Gasteiger partial charge in [0, 0.05) is 16.8 Å². The van der Waals surface area contributed by atoms with Gasteiger partial charge < -0.3 is 15.2 Å². The van der Waals surface area contributed by atoms with E-state index in [1.54, 1.807) is 19.9 Å². The average Bonchev–Trinajstić information content (AvgIpc) is 3.53. The van der Waals surface area contributed by atoms with Crippen molar-refractivity contribution in [3.05, 3.63) is 64.1 Å². The Bertz CT molecular complexity index is 1500.